The van der Waals surface area contributed by atoms with Gasteiger partial charge in [0.2, 0.25) is 5.91 Å². The fourth-order valence-electron chi connectivity index (χ4n) is 1.86. The first-order chi connectivity index (χ1) is 9.04. The fraction of sp³-hybridized carbons (Fsp3) is 0.308. The molecule has 1 N–H and O–H groups in total. The van der Waals surface area contributed by atoms with Gasteiger partial charge < -0.3 is 10.1 Å². The Morgan fingerprint density at radius 1 is 1.26 bits per heavy atom. The lowest BCUT2D eigenvalue weighted by molar-refractivity contribution is -0.117. The van der Waals surface area contributed by atoms with Crippen LogP contribution in [0.25, 0.3) is 0 Å². The Balaban J connectivity index is 2.17. The molecule has 6 heteroatoms. The number of carbonyl (C=O) groups is 3. The average Bonchev–Trinajstić information content (AvgIpc) is 2.61. The van der Waals surface area contributed by atoms with Crippen molar-refractivity contribution >= 4 is 23.4 Å². The summed E-state index contributed by atoms with van der Waals surface area (Å²) in [4.78, 5) is 36.1. The molecule has 0 radical (unpaired) electrons. The smallest absolute Gasteiger partial charge is 0.261 e. The van der Waals surface area contributed by atoms with Gasteiger partial charge in [0, 0.05) is 19.8 Å². The standard InChI is InChI=1S/C13H14N2O4/c1-15-12(17)9-4-3-8(7-10(9)13(15)18)14-11(16)5-6-19-2/h3-4,7H,5-6H2,1-2H3,(H,14,16). The van der Waals surface area contributed by atoms with Gasteiger partial charge in [-0.3, -0.25) is 19.3 Å². The van der Waals surface area contributed by atoms with Crippen LogP contribution in [0.1, 0.15) is 27.1 Å². The minimum absolute atomic E-state index is 0.202. The third kappa shape index (κ3) is 2.48. The van der Waals surface area contributed by atoms with Crippen molar-refractivity contribution in [3.63, 3.8) is 0 Å². The Hall–Kier alpha value is -2.21. The van der Waals surface area contributed by atoms with E-state index in [1.165, 1.54) is 20.2 Å². The number of methoxy groups -OCH3 is 1. The van der Waals surface area contributed by atoms with Gasteiger partial charge in [-0.1, -0.05) is 0 Å². The van der Waals surface area contributed by atoms with E-state index in [0.717, 1.165) is 4.90 Å². The number of nitrogens with one attached hydrogen (secondary N) is 1. The first-order valence-electron chi connectivity index (χ1n) is 5.80. The van der Waals surface area contributed by atoms with Crippen LogP contribution in [0.5, 0.6) is 0 Å². The van der Waals surface area contributed by atoms with Crippen molar-refractivity contribution in [3.05, 3.63) is 29.3 Å². The van der Waals surface area contributed by atoms with Crippen LogP contribution < -0.4 is 5.32 Å². The van der Waals surface area contributed by atoms with Crippen LogP contribution in [0.2, 0.25) is 0 Å². The van der Waals surface area contributed by atoms with E-state index in [0.29, 0.717) is 23.4 Å². The summed E-state index contributed by atoms with van der Waals surface area (Å²) in [5, 5.41) is 2.66. The maximum absolute atomic E-state index is 11.8. The molecule has 0 aromatic heterocycles. The van der Waals surface area contributed by atoms with Crippen molar-refractivity contribution < 1.29 is 19.1 Å². The number of hydrogen-bond acceptors (Lipinski definition) is 4. The summed E-state index contributed by atoms with van der Waals surface area (Å²) >= 11 is 0. The topological polar surface area (TPSA) is 75.7 Å². The molecule has 0 unspecified atom stereocenters. The summed E-state index contributed by atoms with van der Waals surface area (Å²) in [5.41, 5.74) is 1.18. The maximum atomic E-state index is 11.8. The lowest BCUT2D eigenvalue weighted by atomic mass is 10.1. The maximum Gasteiger partial charge on any atom is 0.261 e. The molecule has 1 aliphatic rings. The number of benzene rings is 1. The van der Waals surface area contributed by atoms with Gasteiger partial charge in [-0.2, -0.15) is 0 Å². The highest BCUT2D eigenvalue weighted by atomic mass is 16.5. The Bertz CT molecular complexity index is 554. The van der Waals surface area contributed by atoms with Gasteiger partial charge >= 0.3 is 0 Å². The highest BCUT2D eigenvalue weighted by Gasteiger charge is 2.32. The second kappa shape index (κ2) is 5.19. The predicted molar refractivity (Wildman–Crippen MR) is 68.0 cm³/mol. The van der Waals surface area contributed by atoms with E-state index in [1.807, 2.05) is 0 Å². The molecule has 100 valence electrons. The van der Waals surface area contributed by atoms with Crippen molar-refractivity contribution in [1.82, 2.24) is 4.90 Å². The number of anilines is 1. The van der Waals surface area contributed by atoms with Crippen molar-refractivity contribution in [2.75, 3.05) is 26.1 Å². The lowest BCUT2D eigenvalue weighted by Gasteiger charge is -2.05. The minimum atomic E-state index is -0.354. The van der Waals surface area contributed by atoms with Crippen LogP contribution in [0, 0.1) is 0 Å². The van der Waals surface area contributed by atoms with Gasteiger partial charge in [-0.15, -0.1) is 0 Å². The molecule has 1 aliphatic heterocycles. The van der Waals surface area contributed by atoms with Crippen molar-refractivity contribution in [1.29, 1.82) is 0 Å². The second-order valence-corrected chi connectivity index (χ2v) is 4.22. The van der Waals surface area contributed by atoms with Gasteiger partial charge in [0.05, 0.1) is 24.2 Å². The second-order valence-electron chi connectivity index (χ2n) is 4.22. The number of hydrogen-bond donors (Lipinski definition) is 1. The number of ether oxygens (including phenoxy) is 1. The van der Waals surface area contributed by atoms with Gasteiger partial charge in [-0.25, -0.2) is 0 Å². The van der Waals surface area contributed by atoms with Crippen LogP contribution in [0.4, 0.5) is 5.69 Å². The third-order valence-electron chi connectivity index (χ3n) is 2.91. The summed E-state index contributed by atoms with van der Waals surface area (Å²) in [6, 6.07) is 4.67. The number of fused-ring (bicyclic) bond motifs is 1. The zero-order valence-corrected chi connectivity index (χ0v) is 10.7. The largest absolute Gasteiger partial charge is 0.384 e. The summed E-state index contributed by atoms with van der Waals surface area (Å²) in [6.07, 6.45) is 0.236. The van der Waals surface area contributed by atoms with E-state index in [9.17, 15) is 14.4 Å². The first-order valence-corrected chi connectivity index (χ1v) is 5.80. The Kier molecular flexibility index (Phi) is 3.62. The molecule has 1 aromatic carbocycles. The summed E-state index contributed by atoms with van der Waals surface area (Å²) in [6.45, 7) is 0.330. The highest BCUT2D eigenvalue weighted by molar-refractivity contribution is 6.21. The molecular formula is C13H14N2O4. The number of amides is 3. The molecule has 3 amide bonds. The lowest BCUT2D eigenvalue weighted by Crippen LogP contribution is -2.24. The van der Waals surface area contributed by atoms with Crippen molar-refractivity contribution in [3.8, 4) is 0 Å². The van der Waals surface area contributed by atoms with E-state index in [1.54, 1.807) is 12.1 Å². The van der Waals surface area contributed by atoms with E-state index < -0.39 is 0 Å². The molecule has 0 saturated carbocycles. The van der Waals surface area contributed by atoms with E-state index in [2.05, 4.69) is 5.32 Å². The van der Waals surface area contributed by atoms with Gasteiger partial charge in [-0.05, 0) is 18.2 Å². The molecule has 1 heterocycles. The van der Waals surface area contributed by atoms with Gasteiger partial charge in [0.1, 0.15) is 0 Å². The fourth-order valence-corrected chi connectivity index (χ4v) is 1.86. The van der Waals surface area contributed by atoms with Crippen molar-refractivity contribution in [2.45, 2.75) is 6.42 Å². The summed E-state index contributed by atoms with van der Waals surface area (Å²) in [5.74, 6) is -0.878. The molecule has 0 bridgehead atoms. The molecule has 6 nitrogen and oxygen atoms in total. The molecule has 0 atom stereocenters. The zero-order valence-electron chi connectivity index (χ0n) is 10.7. The average molecular weight is 262 g/mol. The van der Waals surface area contributed by atoms with Crippen LogP contribution in [0.15, 0.2) is 18.2 Å². The monoisotopic (exact) mass is 262 g/mol. The molecule has 19 heavy (non-hydrogen) atoms. The zero-order chi connectivity index (χ0) is 14.0. The van der Waals surface area contributed by atoms with Crippen LogP contribution >= 0.6 is 0 Å². The van der Waals surface area contributed by atoms with E-state index in [4.69, 9.17) is 4.74 Å². The molecule has 0 aliphatic carbocycles. The first kappa shape index (κ1) is 13.2. The number of nitrogens with zero attached hydrogens (tertiary/aromatic N) is 1. The third-order valence-corrected chi connectivity index (χ3v) is 2.91. The Labute approximate surface area is 110 Å². The number of imide groups is 1. The summed E-state index contributed by atoms with van der Waals surface area (Å²) in [7, 11) is 2.95. The molecular weight excluding hydrogens is 248 g/mol. The molecule has 2 rings (SSSR count). The van der Waals surface area contributed by atoms with Crippen LogP contribution in [0.3, 0.4) is 0 Å². The van der Waals surface area contributed by atoms with Gasteiger partial charge in [0.25, 0.3) is 11.8 Å². The normalized spacial score (nSPS) is 13.7. The van der Waals surface area contributed by atoms with Gasteiger partial charge in [0.15, 0.2) is 0 Å². The van der Waals surface area contributed by atoms with Crippen molar-refractivity contribution in [2.24, 2.45) is 0 Å². The highest BCUT2D eigenvalue weighted by Crippen LogP contribution is 2.24. The predicted octanol–water partition coefficient (Wildman–Crippen LogP) is 0.887. The molecule has 0 spiro atoms. The Morgan fingerprint density at radius 2 is 1.95 bits per heavy atom. The van der Waals surface area contributed by atoms with Crippen LogP contribution in [-0.2, 0) is 9.53 Å². The quantitative estimate of drug-likeness (QED) is 0.817. The number of carbonyl (C=O) groups excluding carboxylic acids is 3. The molecule has 0 fully saturated rings. The summed E-state index contributed by atoms with van der Waals surface area (Å²) < 4.78 is 4.80. The Morgan fingerprint density at radius 3 is 2.63 bits per heavy atom. The minimum Gasteiger partial charge on any atom is -0.384 e. The molecule has 1 aromatic rings. The SMILES string of the molecule is COCCC(=O)Nc1ccc2c(c1)C(=O)N(C)C2=O. The van der Waals surface area contributed by atoms with E-state index in [-0.39, 0.29) is 24.1 Å². The molecule has 0 saturated heterocycles. The van der Waals surface area contributed by atoms with Crippen LogP contribution in [-0.4, -0.2) is 43.4 Å². The van der Waals surface area contributed by atoms with E-state index >= 15 is 0 Å². The number of rotatable bonds is 4.